The average Bonchev–Trinajstić information content (AvgIpc) is 2.63. The molecule has 5 heteroatoms. The molecule has 2 fully saturated rings. The lowest BCUT2D eigenvalue weighted by Gasteiger charge is -2.40. The number of hydrogen-bond acceptors (Lipinski definition) is 5. The van der Waals surface area contributed by atoms with E-state index in [0.29, 0.717) is 18.3 Å². The van der Waals surface area contributed by atoms with Crippen LogP contribution in [-0.4, -0.2) is 56.2 Å². The topological polar surface area (TPSA) is 43.8 Å². The van der Waals surface area contributed by atoms with Crippen molar-refractivity contribution < 1.29 is 14.2 Å². The minimum atomic E-state index is -0.462. The summed E-state index contributed by atoms with van der Waals surface area (Å²) in [6.45, 7) is 5.91. The molecule has 0 atom stereocenters. The van der Waals surface area contributed by atoms with E-state index in [-0.39, 0.29) is 0 Å². The van der Waals surface area contributed by atoms with E-state index in [0.717, 1.165) is 44.5 Å². The fourth-order valence-corrected chi connectivity index (χ4v) is 3.29. The molecular formula is C21H30N2O3. The van der Waals surface area contributed by atoms with Crippen molar-refractivity contribution in [2.45, 2.75) is 63.4 Å². The van der Waals surface area contributed by atoms with Gasteiger partial charge in [-0.15, -0.1) is 0 Å². The Morgan fingerprint density at radius 2 is 1.85 bits per heavy atom. The molecule has 0 unspecified atom stereocenters. The van der Waals surface area contributed by atoms with E-state index in [1.165, 1.54) is 5.69 Å². The summed E-state index contributed by atoms with van der Waals surface area (Å²) in [5.41, 5.74) is 1.50. The molecule has 26 heavy (non-hydrogen) atoms. The van der Waals surface area contributed by atoms with Crippen LogP contribution in [0.1, 0.15) is 45.2 Å². The van der Waals surface area contributed by atoms with Crippen molar-refractivity contribution in [3.63, 3.8) is 0 Å². The highest BCUT2D eigenvalue weighted by atomic mass is 16.5. The second-order valence-electron chi connectivity index (χ2n) is 7.64. The minimum absolute atomic E-state index is 0.373. The Bertz CT molecular complexity index is 651. The third kappa shape index (κ3) is 4.97. The van der Waals surface area contributed by atoms with Crippen LogP contribution in [0.15, 0.2) is 18.3 Å². The highest BCUT2D eigenvalue weighted by Gasteiger charge is 2.32. The van der Waals surface area contributed by atoms with Gasteiger partial charge >= 0.3 is 0 Å². The highest BCUT2D eigenvalue weighted by molar-refractivity contribution is 5.50. The minimum Gasteiger partial charge on any atom is -0.381 e. The van der Waals surface area contributed by atoms with Gasteiger partial charge in [0.25, 0.3) is 0 Å². The summed E-state index contributed by atoms with van der Waals surface area (Å²) in [6, 6.07) is 4.12. The van der Waals surface area contributed by atoms with E-state index in [9.17, 15) is 0 Å². The van der Waals surface area contributed by atoms with Crippen LogP contribution >= 0.6 is 0 Å². The first-order chi connectivity index (χ1) is 12.5. The molecule has 0 N–H and O–H groups in total. The maximum absolute atomic E-state index is 6.20. The lowest BCUT2D eigenvalue weighted by atomic mass is 9.91. The van der Waals surface area contributed by atoms with Crippen LogP contribution in [0.3, 0.4) is 0 Å². The Hall–Kier alpha value is -1.61. The van der Waals surface area contributed by atoms with Crippen LogP contribution in [0.5, 0.6) is 0 Å². The maximum Gasteiger partial charge on any atom is 0.123 e. The summed E-state index contributed by atoms with van der Waals surface area (Å²) in [5.74, 6) is 6.25. The van der Waals surface area contributed by atoms with Gasteiger partial charge in [0.05, 0.1) is 18.3 Å². The molecule has 0 bridgehead atoms. The van der Waals surface area contributed by atoms with Gasteiger partial charge in [-0.2, -0.15) is 0 Å². The molecule has 142 valence electrons. The van der Waals surface area contributed by atoms with E-state index in [4.69, 9.17) is 14.2 Å². The smallest absolute Gasteiger partial charge is 0.123 e. The summed E-state index contributed by atoms with van der Waals surface area (Å²) in [6.07, 6.45) is 7.21. The van der Waals surface area contributed by atoms with Crippen molar-refractivity contribution in [1.29, 1.82) is 0 Å². The van der Waals surface area contributed by atoms with Crippen molar-refractivity contribution in [3.8, 4) is 11.8 Å². The van der Waals surface area contributed by atoms with E-state index in [1.807, 2.05) is 20.0 Å². The molecule has 1 saturated carbocycles. The predicted molar refractivity (Wildman–Crippen MR) is 102 cm³/mol. The third-order valence-corrected chi connectivity index (χ3v) is 5.32. The van der Waals surface area contributed by atoms with Gasteiger partial charge in [0, 0.05) is 39.2 Å². The van der Waals surface area contributed by atoms with E-state index >= 15 is 0 Å². The van der Waals surface area contributed by atoms with Gasteiger partial charge in [-0.05, 0) is 57.6 Å². The molecule has 1 aliphatic carbocycles. The number of rotatable bonds is 5. The zero-order chi connectivity index (χ0) is 18.6. The number of hydrogen-bond donors (Lipinski definition) is 0. The SMILES string of the molecule is COC1CC(OC2CCN(c3ccnc(C#CC(C)(C)OC)c3)CC2)C1. The van der Waals surface area contributed by atoms with Gasteiger partial charge < -0.3 is 19.1 Å². The van der Waals surface area contributed by atoms with Gasteiger partial charge in [-0.3, -0.25) is 0 Å². The van der Waals surface area contributed by atoms with Crippen LogP contribution in [-0.2, 0) is 14.2 Å². The fraction of sp³-hybridized carbons (Fsp3) is 0.667. The Labute approximate surface area is 157 Å². The molecular weight excluding hydrogens is 328 g/mol. The molecule has 0 radical (unpaired) electrons. The number of ether oxygens (including phenoxy) is 3. The number of nitrogens with zero attached hydrogens (tertiary/aromatic N) is 2. The van der Waals surface area contributed by atoms with Gasteiger partial charge in [0.15, 0.2) is 0 Å². The van der Waals surface area contributed by atoms with Crippen LogP contribution in [0.2, 0.25) is 0 Å². The second-order valence-corrected chi connectivity index (χ2v) is 7.64. The zero-order valence-electron chi connectivity index (χ0n) is 16.3. The van der Waals surface area contributed by atoms with E-state index in [1.54, 1.807) is 14.2 Å². The van der Waals surface area contributed by atoms with E-state index in [2.05, 4.69) is 33.9 Å². The largest absolute Gasteiger partial charge is 0.381 e. The van der Waals surface area contributed by atoms with E-state index < -0.39 is 5.60 Å². The molecule has 1 saturated heterocycles. The highest BCUT2D eigenvalue weighted by Crippen LogP contribution is 2.30. The Morgan fingerprint density at radius 3 is 2.50 bits per heavy atom. The zero-order valence-corrected chi connectivity index (χ0v) is 16.3. The first-order valence-electron chi connectivity index (χ1n) is 9.46. The number of piperidine rings is 1. The second kappa shape index (κ2) is 8.39. The van der Waals surface area contributed by atoms with Crippen molar-refractivity contribution in [2.75, 3.05) is 32.2 Å². The lowest BCUT2D eigenvalue weighted by Crippen LogP contribution is -2.43. The van der Waals surface area contributed by atoms with Crippen LogP contribution < -0.4 is 4.90 Å². The summed E-state index contributed by atoms with van der Waals surface area (Å²) in [7, 11) is 3.45. The van der Waals surface area contributed by atoms with Gasteiger partial charge in [-0.1, -0.05) is 5.92 Å². The molecule has 2 heterocycles. The van der Waals surface area contributed by atoms with Crippen molar-refractivity contribution in [2.24, 2.45) is 0 Å². The lowest BCUT2D eigenvalue weighted by molar-refractivity contribution is -0.119. The molecule has 1 aliphatic heterocycles. The molecule has 1 aromatic rings. The van der Waals surface area contributed by atoms with Gasteiger partial charge in [-0.25, -0.2) is 4.98 Å². The first-order valence-corrected chi connectivity index (χ1v) is 9.46. The predicted octanol–water partition coefficient (Wildman–Crippen LogP) is 3.02. The third-order valence-electron chi connectivity index (χ3n) is 5.32. The summed E-state index contributed by atoms with van der Waals surface area (Å²) < 4.78 is 16.9. The Balaban J connectivity index is 1.52. The van der Waals surface area contributed by atoms with Crippen LogP contribution in [0, 0.1) is 11.8 Å². The van der Waals surface area contributed by atoms with Crippen LogP contribution in [0.25, 0.3) is 0 Å². The monoisotopic (exact) mass is 358 g/mol. The molecule has 0 amide bonds. The van der Waals surface area contributed by atoms with Crippen molar-refractivity contribution in [1.82, 2.24) is 4.98 Å². The quantitative estimate of drug-likeness (QED) is 0.757. The van der Waals surface area contributed by atoms with Crippen molar-refractivity contribution in [3.05, 3.63) is 24.0 Å². The Morgan fingerprint density at radius 1 is 1.12 bits per heavy atom. The average molecular weight is 358 g/mol. The van der Waals surface area contributed by atoms with Crippen LogP contribution in [0.4, 0.5) is 5.69 Å². The standard InChI is InChI=1S/C21H30N2O3/c1-21(2,25-4)9-5-16-13-17(6-10-22-16)23-11-7-18(8-12-23)26-20-14-19(15-20)24-3/h6,10,13,18-20H,7-8,11-12,14-15H2,1-4H3. The summed E-state index contributed by atoms with van der Waals surface area (Å²) in [5, 5.41) is 0. The summed E-state index contributed by atoms with van der Waals surface area (Å²) >= 11 is 0. The fourth-order valence-electron chi connectivity index (χ4n) is 3.29. The summed E-state index contributed by atoms with van der Waals surface area (Å²) in [4.78, 5) is 6.76. The number of pyridine rings is 1. The molecule has 2 aliphatic rings. The molecule has 5 nitrogen and oxygen atoms in total. The number of aromatic nitrogens is 1. The maximum atomic E-state index is 6.20. The number of anilines is 1. The van der Waals surface area contributed by atoms with Gasteiger partial charge in [0.1, 0.15) is 11.3 Å². The molecule has 1 aromatic heterocycles. The molecule has 3 rings (SSSR count). The molecule has 0 spiro atoms. The van der Waals surface area contributed by atoms with Crippen molar-refractivity contribution >= 4 is 5.69 Å². The van der Waals surface area contributed by atoms with Gasteiger partial charge in [0.2, 0.25) is 0 Å². The molecule has 0 aromatic carbocycles. The Kier molecular flexibility index (Phi) is 6.18. The normalized spacial score (nSPS) is 23.9. The first kappa shape index (κ1) is 19.2. The number of methoxy groups -OCH3 is 2.